The molecule has 1 N–H and O–H groups in total. The van der Waals surface area contributed by atoms with Crippen molar-refractivity contribution >= 4 is 0 Å². The summed E-state index contributed by atoms with van der Waals surface area (Å²) in [7, 11) is 0. The molecule has 3 rings (SSSR count). The fourth-order valence-electron chi connectivity index (χ4n) is 3.62. The molecule has 128 valence electrons. The zero-order valence-corrected chi connectivity index (χ0v) is 14.9. The lowest BCUT2D eigenvalue weighted by atomic mass is 9.86. The van der Waals surface area contributed by atoms with Gasteiger partial charge in [0.05, 0.1) is 19.7 Å². The van der Waals surface area contributed by atoms with Crippen LogP contribution in [-0.2, 0) is 21.3 Å². The minimum absolute atomic E-state index is 0.00991. The maximum atomic E-state index is 6.08. The molecule has 0 unspecified atom stereocenters. The van der Waals surface area contributed by atoms with Crippen molar-refractivity contribution in [2.45, 2.75) is 64.3 Å². The predicted octanol–water partition coefficient (Wildman–Crippen LogP) is 2.34. The standard InChI is InChI=1S/C20H31NO2/c1-20(2,3)17-9-6-16(7-10-17)8-11-19-22-15-18(23-19)14-21-12-4-5-13-21/h6-7,9-10,18-19H,4-5,8,11-15H2,1-3H3/p+1/t18-,19+/m1/s1. The third-order valence-corrected chi connectivity index (χ3v) is 5.13. The first-order chi connectivity index (χ1) is 11.0. The number of benzene rings is 1. The van der Waals surface area contributed by atoms with Crippen molar-refractivity contribution in [1.82, 2.24) is 0 Å². The minimum Gasteiger partial charge on any atom is -0.350 e. The van der Waals surface area contributed by atoms with Gasteiger partial charge in [0.2, 0.25) is 0 Å². The highest BCUT2D eigenvalue weighted by Gasteiger charge is 2.30. The fraction of sp³-hybridized carbons (Fsp3) is 0.700. The van der Waals surface area contributed by atoms with Crippen LogP contribution < -0.4 is 4.90 Å². The van der Waals surface area contributed by atoms with E-state index in [1.54, 1.807) is 4.90 Å². The van der Waals surface area contributed by atoms with Crippen LogP contribution in [0.2, 0.25) is 0 Å². The van der Waals surface area contributed by atoms with E-state index in [1.807, 2.05) is 0 Å². The van der Waals surface area contributed by atoms with E-state index in [9.17, 15) is 0 Å². The summed E-state index contributed by atoms with van der Waals surface area (Å²) in [5.41, 5.74) is 2.99. The molecule has 0 spiro atoms. The van der Waals surface area contributed by atoms with Crippen molar-refractivity contribution in [1.29, 1.82) is 0 Å². The molecule has 0 amide bonds. The molecule has 0 bridgehead atoms. The lowest BCUT2D eigenvalue weighted by Crippen LogP contribution is -3.11. The van der Waals surface area contributed by atoms with Crippen LogP contribution in [0.5, 0.6) is 0 Å². The molecular weight excluding hydrogens is 286 g/mol. The molecule has 2 saturated heterocycles. The summed E-state index contributed by atoms with van der Waals surface area (Å²) >= 11 is 0. The van der Waals surface area contributed by atoms with Gasteiger partial charge in [-0.1, -0.05) is 45.0 Å². The Morgan fingerprint density at radius 1 is 1.09 bits per heavy atom. The maximum absolute atomic E-state index is 6.08. The third kappa shape index (κ3) is 4.79. The first-order valence-electron chi connectivity index (χ1n) is 9.21. The molecular formula is C20H32NO2+. The van der Waals surface area contributed by atoms with Crippen LogP contribution in [0.25, 0.3) is 0 Å². The van der Waals surface area contributed by atoms with Gasteiger partial charge in [0.25, 0.3) is 0 Å². The second kappa shape index (κ2) is 7.33. The van der Waals surface area contributed by atoms with Crippen LogP contribution in [0.3, 0.4) is 0 Å². The van der Waals surface area contributed by atoms with Gasteiger partial charge in [0.1, 0.15) is 12.6 Å². The molecule has 2 heterocycles. The third-order valence-electron chi connectivity index (χ3n) is 5.13. The average Bonchev–Trinajstić information content (AvgIpc) is 3.17. The second-order valence-corrected chi connectivity index (χ2v) is 8.17. The summed E-state index contributed by atoms with van der Waals surface area (Å²) < 4.78 is 11.9. The molecule has 0 aliphatic carbocycles. The predicted molar refractivity (Wildman–Crippen MR) is 92.9 cm³/mol. The number of hydrogen-bond acceptors (Lipinski definition) is 2. The van der Waals surface area contributed by atoms with Gasteiger partial charge in [-0.2, -0.15) is 0 Å². The SMILES string of the molecule is CC(C)(C)c1ccc(CC[C@H]2OC[C@@H](C[NH+]3CCCC3)O2)cc1. The summed E-state index contributed by atoms with van der Waals surface area (Å²) in [5, 5.41) is 0. The first-order valence-corrected chi connectivity index (χ1v) is 9.21. The number of ether oxygens (including phenoxy) is 2. The molecule has 23 heavy (non-hydrogen) atoms. The van der Waals surface area contributed by atoms with Crippen LogP contribution in [0.1, 0.15) is 51.2 Å². The van der Waals surface area contributed by atoms with Gasteiger partial charge in [-0.25, -0.2) is 0 Å². The normalized spacial score (nSPS) is 26.0. The summed E-state index contributed by atoms with van der Waals surface area (Å²) in [6.07, 6.45) is 5.02. The van der Waals surface area contributed by atoms with Gasteiger partial charge in [-0.05, 0) is 23.0 Å². The number of aryl methyl sites for hydroxylation is 1. The van der Waals surface area contributed by atoms with Gasteiger partial charge in [-0.15, -0.1) is 0 Å². The highest BCUT2D eigenvalue weighted by molar-refractivity contribution is 5.27. The number of quaternary nitrogens is 1. The summed E-state index contributed by atoms with van der Waals surface area (Å²) in [6.45, 7) is 11.3. The summed E-state index contributed by atoms with van der Waals surface area (Å²) in [5.74, 6) is 0. The molecule has 0 saturated carbocycles. The van der Waals surface area contributed by atoms with E-state index < -0.39 is 0 Å². The molecule has 1 aromatic rings. The molecule has 2 aliphatic heterocycles. The van der Waals surface area contributed by atoms with E-state index in [4.69, 9.17) is 9.47 Å². The van der Waals surface area contributed by atoms with E-state index >= 15 is 0 Å². The van der Waals surface area contributed by atoms with E-state index in [1.165, 1.54) is 37.1 Å². The average molecular weight is 318 g/mol. The lowest BCUT2D eigenvalue weighted by Gasteiger charge is -2.19. The quantitative estimate of drug-likeness (QED) is 0.900. The Morgan fingerprint density at radius 2 is 1.78 bits per heavy atom. The summed E-state index contributed by atoms with van der Waals surface area (Å²) in [6, 6.07) is 9.01. The zero-order chi connectivity index (χ0) is 16.3. The zero-order valence-electron chi connectivity index (χ0n) is 14.9. The second-order valence-electron chi connectivity index (χ2n) is 8.17. The van der Waals surface area contributed by atoms with Crippen LogP contribution in [0, 0.1) is 0 Å². The Balaban J connectivity index is 1.42. The largest absolute Gasteiger partial charge is 0.350 e. The Morgan fingerprint density at radius 3 is 2.43 bits per heavy atom. The maximum Gasteiger partial charge on any atom is 0.158 e. The molecule has 2 atom stereocenters. The van der Waals surface area contributed by atoms with Gasteiger partial charge in [0.15, 0.2) is 6.29 Å². The van der Waals surface area contributed by atoms with Crippen molar-refractivity contribution in [3.8, 4) is 0 Å². The van der Waals surface area contributed by atoms with Crippen molar-refractivity contribution in [3.05, 3.63) is 35.4 Å². The highest BCUT2D eigenvalue weighted by atomic mass is 16.7. The first kappa shape index (κ1) is 16.9. The molecule has 1 aromatic carbocycles. The van der Waals surface area contributed by atoms with Crippen molar-refractivity contribution in [3.63, 3.8) is 0 Å². The van der Waals surface area contributed by atoms with Gasteiger partial charge in [-0.3, -0.25) is 0 Å². The Bertz CT molecular complexity index is 485. The molecule has 3 nitrogen and oxygen atoms in total. The van der Waals surface area contributed by atoms with E-state index in [0.29, 0.717) is 6.10 Å². The molecule has 2 aliphatic rings. The smallest absolute Gasteiger partial charge is 0.158 e. The number of nitrogens with one attached hydrogen (secondary N) is 1. The summed E-state index contributed by atoms with van der Waals surface area (Å²) in [4.78, 5) is 1.69. The van der Waals surface area contributed by atoms with Crippen molar-refractivity contribution < 1.29 is 14.4 Å². The fourth-order valence-corrected chi connectivity index (χ4v) is 3.62. The monoisotopic (exact) mass is 318 g/mol. The van der Waals surface area contributed by atoms with E-state index in [2.05, 4.69) is 45.0 Å². The molecule has 2 fully saturated rings. The van der Waals surface area contributed by atoms with Crippen LogP contribution >= 0.6 is 0 Å². The lowest BCUT2D eigenvalue weighted by molar-refractivity contribution is -0.890. The Hall–Kier alpha value is -0.900. The number of likely N-dealkylation sites (tertiary alicyclic amines) is 1. The van der Waals surface area contributed by atoms with Crippen LogP contribution in [-0.4, -0.2) is 38.6 Å². The van der Waals surface area contributed by atoms with Crippen molar-refractivity contribution in [2.24, 2.45) is 0 Å². The number of rotatable bonds is 5. The minimum atomic E-state index is -0.00991. The molecule has 0 radical (unpaired) electrons. The Kier molecular flexibility index (Phi) is 5.40. The van der Waals surface area contributed by atoms with Crippen LogP contribution in [0.15, 0.2) is 24.3 Å². The number of hydrogen-bond donors (Lipinski definition) is 1. The van der Waals surface area contributed by atoms with E-state index in [-0.39, 0.29) is 11.7 Å². The van der Waals surface area contributed by atoms with Gasteiger partial charge >= 0.3 is 0 Å². The van der Waals surface area contributed by atoms with Gasteiger partial charge in [0, 0.05) is 19.3 Å². The van der Waals surface area contributed by atoms with Crippen molar-refractivity contribution in [2.75, 3.05) is 26.2 Å². The highest BCUT2D eigenvalue weighted by Crippen LogP contribution is 2.23. The molecule has 0 aromatic heterocycles. The Labute approximate surface area is 141 Å². The van der Waals surface area contributed by atoms with E-state index in [0.717, 1.165) is 26.0 Å². The topological polar surface area (TPSA) is 22.9 Å². The molecule has 3 heteroatoms. The van der Waals surface area contributed by atoms with Crippen LogP contribution in [0.4, 0.5) is 0 Å². The van der Waals surface area contributed by atoms with Gasteiger partial charge < -0.3 is 14.4 Å².